The second-order valence-electron chi connectivity index (χ2n) is 5.95. The van der Waals surface area contributed by atoms with E-state index in [1.807, 2.05) is 13.1 Å². The summed E-state index contributed by atoms with van der Waals surface area (Å²) >= 11 is 3.45. The lowest BCUT2D eigenvalue weighted by Gasteiger charge is -2.36. The van der Waals surface area contributed by atoms with Crippen LogP contribution >= 0.6 is 15.9 Å². The summed E-state index contributed by atoms with van der Waals surface area (Å²) < 4.78 is 7.20. The summed E-state index contributed by atoms with van der Waals surface area (Å²) in [6.45, 7) is 14.0. The topological polar surface area (TPSA) is 22.1 Å². The molecule has 1 heterocycles. The van der Waals surface area contributed by atoms with Crippen LogP contribution in [0.15, 0.2) is 16.7 Å². The number of hydrogen-bond donors (Lipinski definition) is 0. The Labute approximate surface area is 114 Å². The van der Waals surface area contributed by atoms with Crippen LogP contribution in [0.3, 0.4) is 0 Å². The van der Waals surface area contributed by atoms with Crippen molar-refractivity contribution in [1.29, 1.82) is 0 Å². The monoisotopic (exact) mass is 315 g/mol. The number of aryl methyl sites for hydroxylation is 1. The summed E-state index contributed by atoms with van der Waals surface area (Å²) in [4.78, 5) is 4.33. The zero-order valence-corrected chi connectivity index (χ0v) is 14.2. The highest BCUT2D eigenvalue weighted by molar-refractivity contribution is 9.10. The Balaban J connectivity index is 2.77. The Bertz CT molecular complexity index is 399. The van der Waals surface area contributed by atoms with Crippen molar-refractivity contribution >= 4 is 24.2 Å². The van der Waals surface area contributed by atoms with Crippen LogP contribution in [-0.4, -0.2) is 13.3 Å². The highest BCUT2D eigenvalue weighted by Gasteiger charge is 2.37. The predicted molar refractivity (Wildman–Crippen MR) is 78.7 cm³/mol. The van der Waals surface area contributed by atoms with Gasteiger partial charge in [-0.2, -0.15) is 0 Å². The van der Waals surface area contributed by atoms with E-state index < -0.39 is 8.32 Å². The van der Waals surface area contributed by atoms with Crippen LogP contribution in [0.1, 0.15) is 32.0 Å². The van der Waals surface area contributed by atoms with Crippen molar-refractivity contribution in [1.82, 2.24) is 4.98 Å². The second-order valence-corrected chi connectivity index (χ2v) is 11.7. The first kappa shape index (κ1) is 14.9. The van der Waals surface area contributed by atoms with Gasteiger partial charge in [-0.1, -0.05) is 20.8 Å². The molecule has 96 valence electrons. The molecule has 0 amide bonds. The van der Waals surface area contributed by atoms with Crippen molar-refractivity contribution in [3.63, 3.8) is 0 Å². The molecule has 0 saturated carbocycles. The van der Waals surface area contributed by atoms with Gasteiger partial charge in [0.1, 0.15) is 0 Å². The maximum atomic E-state index is 6.19. The smallest absolute Gasteiger partial charge is 0.192 e. The highest BCUT2D eigenvalue weighted by Crippen LogP contribution is 2.37. The van der Waals surface area contributed by atoms with Crippen molar-refractivity contribution < 1.29 is 4.43 Å². The molecule has 0 saturated heterocycles. The van der Waals surface area contributed by atoms with Crippen LogP contribution in [-0.2, 0) is 11.0 Å². The van der Waals surface area contributed by atoms with E-state index in [0.717, 1.165) is 10.2 Å². The van der Waals surface area contributed by atoms with Crippen LogP contribution < -0.4 is 0 Å². The minimum absolute atomic E-state index is 0.250. The third-order valence-electron chi connectivity index (χ3n) is 3.55. The molecular weight excluding hydrogens is 294 g/mol. The largest absolute Gasteiger partial charge is 0.412 e. The van der Waals surface area contributed by atoms with Gasteiger partial charge in [0.05, 0.1) is 6.61 Å². The third-order valence-corrected chi connectivity index (χ3v) is 8.47. The summed E-state index contributed by atoms with van der Waals surface area (Å²) in [5, 5.41) is 0.250. The van der Waals surface area contributed by atoms with E-state index in [4.69, 9.17) is 4.43 Å². The van der Waals surface area contributed by atoms with Crippen LogP contribution in [0, 0.1) is 6.92 Å². The van der Waals surface area contributed by atoms with Gasteiger partial charge in [-0.15, -0.1) is 0 Å². The summed E-state index contributed by atoms with van der Waals surface area (Å²) in [5.41, 5.74) is 2.22. The van der Waals surface area contributed by atoms with Gasteiger partial charge < -0.3 is 4.43 Å². The molecule has 0 aliphatic rings. The first-order valence-electron chi connectivity index (χ1n) is 5.88. The molecule has 0 aromatic carbocycles. The van der Waals surface area contributed by atoms with E-state index in [1.54, 1.807) is 0 Å². The maximum Gasteiger partial charge on any atom is 0.192 e. The van der Waals surface area contributed by atoms with Crippen LogP contribution in [0.25, 0.3) is 0 Å². The molecule has 0 aliphatic heterocycles. The van der Waals surface area contributed by atoms with Crippen LogP contribution in [0.2, 0.25) is 18.1 Å². The molecule has 0 N–H and O–H groups in total. The summed E-state index contributed by atoms with van der Waals surface area (Å²) in [6, 6.07) is 2.09. The molecule has 2 nitrogen and oxygen atoms in total. The second kappa shape index (κ2) is 5.20. The molecule has 1 aromatic heterocycles. The first-order chi connectivity index (χ1) is 7.63. The fourth-order valence-electron chi connectivity index (χ4n) is 1.17. The maximum absolute atomic E-state index is 6.19. The van der Waals surface area contributed by atoms with Crippen molar-refractivity contribution in [2.45, 2.75) is 52.4 Å². The van der Waals surface area contributed by atoms with Gasteiger partial charge in [0, 0.05) is 16.4 Å². The lowest BCUT2D eigenvalue weighted by atomic mass is 10.2. The molecule has 0 fully saturated rings. The molecule has 0 spiro atoms. The normalized spacial score (nSPS) is 12.9. The SMILES string of the molecule is Cc1ncc(Br)cc1CO[Si](C)(C)C(C)(C)C. The zero-order valence-electron chi connectivity index (χ0n) is 11.6. The van der Waals surface area contributed by atoms with Crippen molar-refractivity contribution in [2.75, 3.05) is 0 Å². The van der Waals surface area contributed by atoms with Gasteiger partial charge in [-0.05, 0) is 52.6 Å². The molecule has 0 atom stereocenters. The Kier molecular flexibility index (Phi) is 4.55. The van der Waals surface area contributed by atoms with E-state index >= 15 is 0 Å². The summed E-state index contributed by atoms with van der Waals surface area (Å²) in [6.07, 6.45) is 1.82. The lowest BCUT2D eigenvalue weighted by Crippen LogP contribution is -2.40. The van der Waals surface area contributed by atoms with Gasteiger partial charge in [0.25, 0.3) is 0 Å². The van der Waals surface area contributed by atoms with E-state index in [0.29, 0.717) is 6.61 Å². The number of aromatic nitrogens is 1. The average molecular weight is 316 g/mol. The van der Waals surface area contributed by atoms with Crippen molar-refractivity contribution in [3.05, 3.63) is 28.0 Å². The van der Waals surface area contributed by atoms with E-state index in [2.05, 4.69) is 60.8 Å². The van der Waals surface area contributed by atoms with E-state index in [1.165, 1.54) is 5.56 Å². The van der Waals surface area contributed by atoms with Crippen LogP contribution in [0.5, 0.6) is 0 Å². The Hall–Kier alpha value is -0.193. The number of nitrogens with zero attached hydrogens (tertiary/aromatic N) is 1. The Morgan fingerprint density at radius 1 is 1.35 bits per heavy atom. The third kappa shape index (κ3) is 3.90. The fraction of sp³-hybridized carbons (Fsp3) is 0.615. The molecule has 1 aromatic rings. The number of pyridine rings is 1. The van der Waals surface area contributed by atoms with Crippen molar-refractivity contribution in [2.24, 2.45) is 0 Å². The molecule has 0 radical (unpaired) electrons. The Morgan fingerprint density at radius 3 is 2.47 bits per heavy atom. The molecule has 1 rings (SSSR count). The van der Waals surface area contributed by atoms with Gasteiger partial charge in [0.2, 0.25) is 0 Å². The Morgan fingerprint density at radius 2 is 1.94 bits per heavy atom. The van der Waals surface area contributed by atoms with Gasteiger partial charge in [-0.3, -0.25) is 4.98 Å². The predicted octanol–water partition coefficient (Wildman–Crippen LogP) is 4.67. The molecular formula is C13H22BrNOSi. The lowest BCUT2D eigenvalue weighted by molar-refractivity contribution is 0.275. The summed E-state index contributed by atoms with van der Waals surface area (Å²) in [7, 11) is -1.67. The van der Waals surface area contributed by atoms with E-state index in [9.17, 15) is 0 Å². The van der Waals surface area contributed by atoms with Crippen LogP contribution in [0.4, 0.5) is 0 Å². The standard InChI is InChI=1S/C13H22BrNOSi/c1-10-11(7-12(14)8-15-10)9-16-17(5,6)13(2,3)4/h7-8H,9H2,1-6H3. The zero-order chi connectivity index (χ0) is 13.3. The molecule has 0 unspecified atom stereocenters. The molecule has 17 heavy (non-hydrogen) atoms. The number of rotatable bonds is 3. The summed E-state index contributed by atoms with van der Waals surface area (Å²) in [5.74, 6) is 0. The first-order valence-corrected chi connectivity index (χ1v) is 9.58. The van der Waals surface area contributed by atoms with Gasteiger partial charge >= 0.3 is 0 Å². The van der Waals surface area contributed by atoms with E-state index in [-0.39, 0.29) is 5.04 Å². The van der Waals surface area contributed by atoms with Gasteiger partial charge in [0.15, 0.2) is 8.32 Å². The molecule has 0 bridgehead atoms. The molecule has 0 aliphatic carbocycles. The fourth-order valence-corrected chi connectivity index (χ4v) is 2.50. The average Bonchev–Trinajstić information content (AvgIpc) is 2.18. The van der Waals surface area contributed by atoms with Gasteiger partial charge in [-0.25, -0.2) is 0 Å². The number of hydrogen-bond acceptors (Lipinski definition) is 2. The molecule has 4 heteroatoms. The number of halogens is 1. The minimum atomic E-state index is -1.67. The quantitative estimate of drug-likeness (QED) is 0.756. The van der Waals surface area contributed by atoms with Crippen molar-refractivity contribution in [3.8, 4) is 0 Å². The highest BCUT2D eigenvalue weighted by atomic mass is 79.9. The minimum Gasteiger partial charge on any atom is -0.412 e.